The quantitative estimate of drug-likeness (QED) is 0.586. The second-order valence-corrected chi connectivity index (χ2v) is 5.99. The number of hydrogen-bond acceptors (Lipinski definition) is 5. The molecule has 1 heterocycles. The molecule has 0 saturated heterocycles. The van der Waals surface area contributed by atoms with E-state index in [0.29, 0.717) is 22.7 Å². The average Bonchev–Trinajstić information content (AvgIpc) is 3.19. The van der Waals surface area contributed by atoms with Gasteiger partial charge in [0.25, 0.3) is 17.7 Å². The Morgan fingerprint density at radius 3 is 2.41 bits per heavy atom. The van der Waals surface area contributed by atoms with Crippen LogP contribution < -0.4 is 21.1 Å². The first-order valence-corrected chi connectivity index (χ1v) is 8.59. The summed E-state index contributed by atoms with van der Waals surface area (Å²) in [5.74, 6) is -1.01. The maximum atomic E-state index is 12.4. The highest BCUT2D eigenvalue weighted by Gasteiger charge is 2.22. The highest BCUT2D eigenvalue weighted by atomic mass is 16.5. The maximum Gasteiger partial charge on any atom is 0.272 e. The first kappa shape index (κ1) is 19.6. The van der Waals surface area contributed by atoms with Crippen molar-refractivity contribution in [3.05, 3.63) is 71.8 Å². The van der Waals surface area contributed by atoms with Gasteiger partial charge in [-0.2, -0.15) is 0 Å². The zero-order chi connectivity index (χ0) is 21.0. The van der Waals surface area contributed by atoms with Crippen LogP contribution in [0.5, 0.6) is 5.75 Å². The Hall–Kier alpha value is -4.14. The molecule has 0 unspecified atom stereocenters. The maximum absolute atomic E-state index is 12.4. The van der Waals surface area contributed by atoms with E-state index in [2.05, 4.69) is 15.6 Å². The molecule has 3 rings (SSSR count). The molecular formula is C20H19N5O4. The van der Waals surface area contributed by atoms with Gasteiger partial charge < -0.3 is 21.1 Å². The molecule has 0 bridgehead atoms. The molecule has 29 heavy (non-hydrogen) atoms. The SMILES string of the molecule is CNC(=O)c1ncn(-c2ccc(NC(=O)c3cccc(OC)c3)cc2)c1C(N)=O. The number of nitrogens with two attached hydrogens (primary N) is 1. The molecule has 0 fully saturated rings. The van der Waals surface area contributed by atoms with Gasteiger partial charge in [0.1, 0.15) is 17.8 Å². The largest absolute Gasteiger partial charge is 0.497 e. The number of amides is 3. The number of aromatic nitrogens is 2. The Morgan fingerprint density at radius 2 is 1.79 bits per heavy atom. The van der Waals surface area contributed by atoms with Crippen molar-refractivity contribution in [3.8, 4) is 11.4 Å². The van der Waals surface area contributed by atoms with Crippen LogP contribution in [0, 0.1) is 0 Å². The number of ether oxygens (including phenoxy) is 1. The Kier molecular flexibility index (Phi) is 5.59. The molecule has 0 saturated carbocycles. The second kappa shape index (κ2) is 8.26. The molecule has 3 amide bonds. The lowest BCUT2D eigenvalue weighted by atomic mass is 10.2. The molecule has 0 aliphatic rings. The van der Waals surface area contributed by atoms with Crippen LogP contribution in [-0.2, 0) is 0 Å². The van der Waals surface area contributed by atoms with Gasteiger partial charge in [0.15, 0.2) is 5.69 Å². The predicted octanol–water partition coefficient (Wildman–Crippen LogP) is 1.59. The van der Waals surface area contributed by atoms with E-state index in [9.17, 15) is 14.4 Å². The Balaban J connectivity index is 1.84. The number of nitrogens with one attached hydrogen (secondary N) is 2. The van der Waals surface area contributed by atoms with Crippen molar-refractivity contribution in [1.29, 1.82) is 0 Å². The first-order chi connectivity index (χ1) is 13.9. The summed E-state index contributed by atoms with van der Waals surface area (Å²) in [6.45, 7) is 0. The summed E-state index contributed by atoms with van der Waals surface area (Å²) in [4.78, 5) is 40.1. The molecule has 0 aliphatic heterocycles. The predicted molar refractivity (Wildman–Crippen MR) is 106 cm³/mol. The number of benzene rings is 2. The lowest BCUT2D eigenvalue weighted by Crippen LogP contribution is -2.25. The van der Waals surface area contributed by atoms with Crippen molar-refractivity contribution >= 4 is 23.4 Å². The summed E-state index contributed by atoms with van der Waals surface area (Å²) in [5.41, 5.74) is 6.90. The molecule has 1 aromatic heterocycles. The molecule has 0 spiro atoms. The van der Waals surface area contributed by atoms with Gasteiger partial charge in [-0.05, 0) is 42.5 Å². The fourth-order valence-corrected chi connectivity index (χ4v) is 2.74. The minimum atomic E-state index is -0.781. The molecule has 0 atom stereocenters. The van der Waals surface area contributed by atoms with E-state index >= 15 is 0 Å². The summed E-state index contributed by atoms with van der Waals surface area (Å²) in [6.07, 6.45) is 1.34. The fraction of sp³-hybridized carbons (Fsp3) is 0.100. The monoisotopic (exact) mass is 393 g/mol. The lowest BCUT2D eigenvalue weighted by molar-refractivity contribution is 0.0937. The van der Waals surface area contributed by atoms with Crippen LogP contribution in [0.3, 0.4) is 0 Å². The molecule has 3 aromatic rings. The molecule has 0 aliphatic carbocycles. The number of carbonyl (C=O) groups excluding carboxylic acids is 3. The summed E-state index contributed by atoms with van der Waals surface area (Å²) < 4.78 is 6.54. The number of hydrogen-bond donors (Lipinski definition) is 3. The summed E-state index contributed by atoms with van der Waals surface area (Å²) in [7, 11) is 2.97. The zero-order valence-corrected chi connectivity index (χ0v) is 15.8. The van der Waals surface area contributed by atoms with E-state index in [1.807, 2.05) is 0 Å². The number of methoxy groups -OCH3 is 1. The van der Waals surface area contributed by atoms with Crippen molar-refractivity contribution in [3.63, 3.8) is 0 Å². The number of nitrogens with zero attached hydrogens (tertiary/aromatic N) is 2. The lowest BCUT2D eigenvalue weighted by Gasteiger charge is -2.10. The van der Waals surface area contributed by atoms with E-state index in [-0.39, 0.29) is 17.3 Å². The van der Waals surface area contributed by atoms with Gasteiger partial charge >= 0.3 is 0 Å². The molecule has 9 heteroatoms. The molecular weight excluding hydrogens is 374 g/mol. The Morgan fingerprint density at radius 1 is 1.07 bits per heavy atom. The highest BCUT2D eigenvalue weighted by Crippen LogP contribution is 2.19. The third-order valence-electron chi connectivity index (χ3n) is 4.18. The van der Waals surface area contributed by atoms with Gasteiger partial charge in [-0.25, -0.2) is 4.98 Å². The summed E-state index contributed by atoms with van der Waals surface area (Å²) in [5, 5.41) is 5.20. The Bertz CT molecular complexity index is 1070. The third-order valence-corrected chi connectivity index (χ3v) is 4.18. The van der Waals surface area contributed by atoms with Gasteiger partial charge in [0.2, 0.25) is 0 Å². The number of imidazole rings is 1. The van der Waals surface area contributed by atoms with Crippen LogP contribution in [0.4, 0.5) is 5.69 Å². The fourth-order valence-electron chi connectivity index (χ4n) is 2.74. The average molecular weight is 393 g/mol. The smallest absolute Gasteiger partial charge is 0.272 e. The van der Waals surface area contributed by atoms with Crippen LogP contribution in [0.25, 0.3) is 5.69 Å². The molecule has 9 nitrogen and oxygen atoms in total. The minimum absolute atomic E-state index is 0.0301. The first-order valence-electron chi connectivity index (χ1n) is 8.59. The normalized spacial score (nSPS) is 10.3. The van der Waals surface area contributed by atoms with Crippen LogP contribution in [-0.4, -0.2) is 41.4 Å². The zero-order valence-electron chi connectivity index (χ0n) is 15.8. The van der Waals surface area contributed by atoms with Gasteiger partial charge in [-0.3, -0.25) is 19.0 Å². The van der Waals surface area contributed by atoms with Gasteiger partial charge in [-0.1, -0.05) is 6.07 Å². The number of rotatable bonds is 6. The van der Waals surface area contributed by atoms with Crippen LogP contribution >= 0.6 is 0 Å². The standard InChI is InChI=1S/C20H19N5O4/c1-22-20(28)16-17(18(21)26)25(11-23-16)14-8-6-13(7-9-14)24-19(27)12-4-3-5-15(10-12)29-2/h3-11H,1-2H3,(H2,21,26)(H,22,28)(H,24,27). The van der Waals surface area contributed by atoms with Crippen LogP contribution in [0.15, 0.2) is 54.9 Å². The van der Waals surface area contributed by atoms with E-state index in [1.54, 1.807) is 48.5 Å². The summed E-state index contributed by atoms with van der Waals surface area (Å²) in [6, 6.07) is 13.5. The van der Waals surface area contributed by atoms with Crippen molar-refractivity contribution in [2.75, 3.05) is 19.5 Å². The highest BCUT2D eigenvalue weighted by molar-refractivity contribution is 6.05. The van der Waals surface area contributed by atoms with Crippen LogP contribution in [0.2, 0.25) is 0 Å². The van der Waals surface area contributed by atoms with E-state index in [1.165, 1.54) is 25.1 Å². The van der Waals surface area contributed by atoms with Gasteiger partial charge in [0.05, 0.1) is 7.11 Å². The minimum Gasteiger partial charge on any atom is -0.497 e. The van der Waals surface area contributed by atoms with Crippen molar-refractivity contribution in [2.24, 2.45) is 5.73 Å². The van der Waals surface area contributed by atoms with E-state index in [4.69, 9.17) is 10.5 Å². The second-order valence-electron chi connectivity index (χ2n) is 5.99. The third kappa shape index (κ3) is 4.08. The molecule has 2 aromatic carbocycles. The van der Waals surface area contributed by atoms with E-state index in [0.717, 1.165) is 0 Å². The molecule has 148 valence electrons. The van der Waals surface area contributed by atoms with Gasteiger partial charge in [0, 0.05) is 24.0 Å². The number of anilines is 1. The van der Waals surface area contributed by atoms with Crippen molar-refractivity contribution in [2.45, 2.75) is 0 Å². The van der Waals surface area contributed by atoms with Crippen LogP contribution in [0.1, 0.15) is 31.3 Å². The topological polar surface area (TPSA) is 128 Å². The van der Waals surface area contributed by atoms with Crippen molar-refractivity contribution in [1.82, 2.24) is 14.9 Å². The number of primary amides is 1. The molecule has 4 N–H and O–H groups in total. The summed E-state index contributed by atoms with van der Waals surface area (Å²) >= 11 is 0. The van der Waals surface area contributed by atoms with Gasteiger partial charge in [-0.15, -0.1) is 0 Å². The number of carbonyl (C=O) groups is 3. The molecule has 0 radical (unpaired) electrons. The van der Waals surface area contributed by atoms with Crippen molar-refractivity contribution < 1.29 is 19.1 Å². The Labute approximate surface area is 166 Å². The van der Waals surface area contributed by atoms with E-state index < -0.39 is 11.8 Å².